The van der Waals surface area contributed by atoms with E-state index in [2.05, 4.69) is 5.32 Å². The molecular formula is C27H32N2O5S. The summed E-state index contributed by atoms with van der Waals surface area (Å²) in [6.45, 7) is 7.52. The second kappa shape index (κ2) is 10.8. The Bertz CT molecular complexity index is 1300. The Morgan fingerprint density at radius 1 is 0.943 bits per heavy atom. The molecule has 0 aliphatic carbocycles. The number of para-hydroxylation sites is 1. The van der Waals surface area contributed by atoms with Crippen LogP contribution in [0.4, 0.5) is 11.4 Å². The Morgan fingerprint density at radius 3 is 2.20 bits per heavy atom. The third-order valence-electron chi connectivity index (χ3n) is 5.74. The minimum atomic E-state index is -4.11. The minimum absolute atomic E-state index is 0.0118. The van der Waals surface area contributed by atoms with Gasteiger partial charge in [0.15, 0.2) is 11.5 Å². The van der Waals surface area contributed by atoms with Crippen molar-refractivity contribution in [3.8, 4) is 11.5 Å². The molecule has 0 atom stereocenters. The monoisotopic (exact) mass is 496 g/mol. The van der Waals surface area contributed by atoms with Gasteiger partial charge in [0.1, 0.15) is 6.54 Å². The van der Waals surface area contributed by atoms with Crippen molar-refractivity contribution in [3.63, 3.8) is 0 Å². The number of anilines is 2. The van der Waals surface area contributed by atoms with Crippen molar-refractivity contribution < 1.29 is 22.7 Å². The molecule has 1 amide bonds. The van der Waals surface area contributed by atoms with E-state index in [1.54, 1.807) is 12.1 Å². The average Bonchev–Trinajstić information content (AvgIpc) is 2.83. The Labute approximate surface area is 207 Å². The number of rotatable bonds is 9. The number of hydrogen-bond donors (Lipinski definition) is 1. The van der Waals surface area contributed by atoms with Crippen molar-refractivity contribution in [2.45, 2.75) is 38.5 Å². The lowest BCUT2D eigenvalue weighted by molar-refractivity contribution is -0.114. The van der Waals surface area contributed by atoms with Gasteiger partial charge in [-0.3, -0.25) is 9.10 Å². The zero-order chi connectivity index (χ0) is 25.8. The third-order valence-corrected chi connectivity index (χ3v) is 7.51. The van der Waals surface area contributed by atoms with Crippen LogP contribution in [-0.2, 0) is 14.8 Å². The summed E-state index contributed by atoms with van der Waals surface area (Å²) in [6.07, 6.45) is 0. The van der Waals surface area contributed by atoms with Gasteiger partial charge in [-0.15, -0.1) is 0 Å². The summed E-state index contributed by atoms with van der Waals surface area (Å²) in [4.78, 5) is 13.2. The number of sulfonamides is 1. The number of aryl methyl sites for hydroxylation is 2. The van der Waals surface area contributed by atoms with Gasteiger partial charge < -0.3 is 14.8 Å². The van der Waals surface area contributed by atoms with Gasteiger partial charge in [0, 0.05) is 11.8 Å². The molecule has 186 valence electrons. The van der Waals surface area contributed by atoms with Crippen molar-refractivity contribution in [2.75, 3.05) is 30.4 Å². The number of nitrogens with one attached hydrogen (secondary N) is 1. The normalized spacial score (nSPS) is 11.3. The number of benzene rings is 3. The molecule has 7 nitrogen and oxygen atoms in total. The highest BCUT2D eigenvalue weighted by Crippen LogP contribution is 2.33. The Balaban J connectivity index is 2.02. The first kappa shape index (κ1) is 26.1. The highest BCUT2D eigenvalue weighted by atomic mass is 32.2. The predicted molar refractivity (Wildman–Crippen MR) is 139 cm³/mol. The van der Waals surface area contributed by atoms with Crippen LogP contribution in [-0.4, -0.2) is 35.1 Å². The highest BCUT2D eigenvalue weighted by molar-refractivity contribution is 7.92. The summed E-state index contributed by atoms with van der Waals surface area (Å²) in [6, 6.07) is 17.2. The van der Waals surface area contributed by atoms with Crippen LogP contribution in [0.5, 0.6) is 11.5 Å². The standard InChI is InChI=1S/C27H32N2O5S/c1-18(2)23-9-7-8-20(4)27(23)28-26(30)17-29(21-12-10-19(3)11-13-21)35(31,32)22-14-15-24(33-5)25(16-22)34-6/h7-16,18H,17H2,1-6H3,(H,28,30). The summed E-state index contributed by atoms with van der Waals surface area (Å²) in [7, 11) is -1.19. The first-order valence-corrected chi connectivity index (χ1v) is 12.7. The predicted octanol–water partition coefficient (Wildman–Crippen LogP) is 5.28. The van der Waals surface area contributed by atoms with Gasteiger partial charge >= 0.3 is 0 Å². The van der Waals surface area contributed by atoms with Crippen LogP contribution in [0.15, 0.2) is 65.6 Å². The van der Waals surface area contributed by atoms with Crippen LogP contribution in [0.3, 0.4) is 0 Å². The molecule has 1 N–H and O–H groups in total. The lowest BCUT2D eigenvalue weighted by atomic mass is 9.98. The van der Waals surface area contributed by atoms with E-state index in [4.69, 9.17) is 9.47 Å². The zero-order valence-corrected chi connectivity index (χ0v) is 21.8. The number of ether oxygens (including phenoxy) is 2. The highest BCUT2D eigenvalue weighted by Gasteiger charge is 2.29. The van der Waals surface area contributed by atoms with Gasteiger partial charge in [0.2, 0.25) is 5.91 Å². The van der Waals surface area contributed by atoms with E-state index in [0.717, 1.165) is 21.0 Å². The molecule has 0 bridgehead atoms. The molecule has 35 heavy (non-hydrogen) atoms. The largest absolute Gasteiger partial charge is 0.493 e. The van der Waals surface area contributed by atoms with E-state index >= 15 is 0 Å². The van der Waals surface area contributed by atoms with Gasteiger partial charge in [0.25, 0.3) is 10.0 Å². The van der Waals surface area contributed by atoms with Crippen LogP contribution in [0.1, 0.15) is 36.5 Å². The van der Waals surface area contributed by atoms with E-state index in [9.17, 15) is 13.2 Å². The van der Waals surface area contributed by atoms with E-state index in [1.807, 2.05) is 58.0 Å². The summed E-state index contributed by atoms with van der Waals surface area (Å²) in [5.41, 5.74) is 3.97. The van der Waals surface area contributed by atoms with E-state index in [1.165, 1.54) is 32.4 Å². The molecule has 8 heteroatoms. The first-order valence-electron chi connectivity index (χ1n) is 11.3. The van der Waals surface area contributed by atoms with Crippen LogP contribution in [0.25, 0.3) is 0 Å². The molecule has 3 aromatic carbocycles. The molecule has 3 rings (SSSR count). The summed E-state index contributed by atoms with van der Waals surface area (Å²) >= 11 is 0. The average molecular weight is 497 g/mol. The minimum Gasteiger partial charge on any atom is -0.493 e. The first-order chi connectivity index (χ1) is 16.6. The van der Waals surface area contributed by atoms with Crippen molar-refractivity contribution >= 4 is 27.3 Å². The van der Waals surface area contributed by atoms with Gasteiger partial charge in [0.05, 0.1) is 24.8 Å². The molecule has 3 aromatic rings. The molecule has 0 aliphatic rings. The lowest BCUT2D eigenvalue weighted by Crippen LogP contribution is -2.38. The Hall–Kier alpha value is -3.52. The van der Waals surface area contributed by atoms with Crippen molar-refractivity contribution in [1.82, 2.24) is 0 Å². The maximum Gasteiger partial charge on any atom is 0.264 e. The Kier molecular flexibility index (Phi) is 8.07. The number of methoxy groups -OCH3 is 2. The number of carbonyl (C=O) groups is 1. The smallest absolute Gasteiger partial charge is 0.264 e. The van der Waals surface area contributed by atoms with Crippen molar-refractivity contribution in [1.29, 1.82) is 0 Å². The maximum atomic E-state index is 13.8. The van der Waals surface area contributed by atoms with Crippen LogP contribution >= 0.6 is 0 Å². The molecule has 0 fully saturated rings. The second-order valence-corrected chi connectivity index (χ2v) is 10.5. The fourth-order valence-corrected chi connectivity index (χ4v) is 5.22. The molecular weight excluding hydrogens is 464 g/mol. The maximum absolute atomic E-state index is 13.8. The van der Waals surface area contributed by atoms with Crippen molar-refractivity contribution in [2.24, 2.45) is 0 Å². The number of nitrogens with zero attached hydrogens (tertiary/aromatic N) is 1. The summed E-state index contributed by atoms with van der Waals surface area (Å²) in [5, 5.41) is 2.95. The summed E-state index contributed by atoms with van der Waals surface area (Å²) < 4.78 is 39.2. The topological polar surface area (TPSA) is 84.9 Å². The fraction of sp³-hybridized carbons (Fsp3) is 0.296. The summed E-state index contributed by atoms with van der Waals surface area (Å²) in [5.74, 6) is 0.440. The molecule has 0 saturated carbocycles. The molecule has 0 saturated heterocycles. The number of hydrogen-bond acceptors (Lipinski definition) is 5. The van der Waals surface area contributed by atoms with Gasteiger partial charge in [-0.2, -0.15) is 0 Å². The van der Waals surface area contributed by atoms with Gasteiger partial charge in [-0.1, -0.05) is 49.7 Å². The number of carbonyl (C=O) groups excluding carboxylic acids is 1. The fourth-order valence-electron chi connectivity index (χ4n) is 3.78. The quantitative estimate of drug-likeness (QED) is 0.436. The molecule has 0 radical (unpaired) electrons. The van der Waals surface area contributed by atoms with E-state index in [0.29, 0.717) is 17.1 Å². The van der Waals surface area contributed by atoms with Crippen molar-refractivity contribution in [3.05, 3.63) is 77.4 Å². The second-order valence-electron chi connectivity index (χ2n) is 8.61. The Morgan fingerprint density at radius 2 is 1.60 bits per heavy atom. The molecule has 0 aromatic heterocycles. The zero-order valence-electron chi connectivity index (χ0n) is 21.0. The van der Waals surface area contributed by atoms with Gasteiger partial charge in [-0.25, -0.2) is 8.42 Å². The molecule has 0 spiro atoms. The SMILES string of the molecule is COc1ccc(S(=O)(=O)N(CC(=O)Nc2c(C)cccc2C(C)C)c2ccc(C)cc2)cc1OC. The molecule has 0 heterocycles. The third kappa shape index (κ3) is 5.77. The molecule has 0 unspecified atom stereocenters. The van der Waals surface area contributed by atoms with Crippen LogP contribution in [0, 0.1) is 13.8 Å². The van der Waals surface area contributed by atoms with E-state index < -0.39 is 22.5 Å². The van der Waals surface area contributed by atoms with E-state index in [-0.39, 0.29) is 16.6 Å². The lowest BCUT2D eigenvalue weighted by Gasteiger charge is -2.25. The number of amides is 1. The molecule has 0 aliphatic heterocycles. The van der Waals surface area contributed by atoms with Crippen LogP contribution < -0.4 is 19.1 Å². The van der Waals surface area contributed by atoms with Gasteiger partial charge in [-0.05, 0) is 55.2 Å². The van der Waals surface area contributed by atoms with Crippen LogP contribution in [0.2, 0.25) is 0 Å².